The van der Waals surface area contributed by atoms with E-state index in [0.717, 1.165) is 12.5 Å². The fourth-order valence-electron chi connectivity index (χ4n) is 2.26. The first-order valence-corrected chi connectivity index (χ1v) is 5.82. The van der Waals surface area contributed by atoms with Crippen molar-refractivity contribution >= 4 is 17.3 Å². The highest BCUT2D eigenvalue weighted by molar-refractivity contribution is 5.97. The van der Waals surface area contributed by atoms with Gasteiger partial charge in [-0.25, -0.2) is 0 Å². The van der Waals surface area contributed by atoms with Gasteiger partial charge in [-0.3, -0.25) is 14.9 Å². The van der Waals surface area contributed by atoms with Crippen molar-refractivity contribution in [2.75, 3.05) is 11.4 Å². The van der Waals surface area contributed by atoms with E-state index in [1.54, 1.807) is 0 Å². The van der Waals surface area contributed by atoms with Crippen LogP contribution in [0.1, 0.15) is 25.3 Å². The number of carbonyl (C=O) groups is 1. The Labute approximate surface area is 103 Å². The van der Waals surface area contributed by atoms with E-state index in [4.69, 9.17) is 0 Å². The third kappa shape index (κ3) is 1.94. The highest BCUT2D eigenvalue weighted by Crippen LogP contribution is 2.36. The molecule has 0 bridgehead atoms. The Balaban J connectivity index is 2.57. The van der Waals surface area contributed by atoms with Crippen LogP contribution in [0, 0.1) is 15.9 Å². The molecule has 0 radical (unpaired) electrons. The van der Waals surface area contributed by atoms with Gasteiger partial charge in [0.05, 0.1) is 16.2 Å². The van der Waals surface area contributed by atoms with Gasteiger partial charge < -0.3 is 4.90 Å². The Morgan fingerprint density at radius 1 is 1.44 bits per heavy atom. The SMILES string of the molecule is CCCN1C(=O)CCc2c1ccc(F)c2[N+](=O)[O-]. The summed E-state index contributed by atoms with van der Waals surface area (Å²) in [6.45, 7) is 2.41. The standard InChI is InChI=1S/C12H13FN2O3/c1-2-7-14-10-5-4-9(13)12(15(17)18)8(10)3-6-11(14)16/h4-5H,2-3,6-7H2,1H3. The Morgan fingerprint density at radius 3 is 2.78 bits per heavy atom. The van der Waals surface area contributed by atoms with Gasteiger partial charge in [0.15, 0.2) is 0 Å². The highest BCUT2D eigenvalue weighted by atomic mass is 19.1. The van der Waals surface area contributed by atoms with Gasteiger partial charge in [-0.05, 0) is 25.0 Å². The summed E-state index contributed by atoms with van der Waals surface area (Å²) in [5, 5.41) is 10.9. The lowest BCUT2D eigenvalue weighted by Crippen LogP contribution is -2.36. The quantitative estimate of drug-likeness (QED) is 0.613. The molecule has 1 aliphatic heterocycles. The second-order valence-electron chi connectivity index (χ2n) is 4.20. The van der Waals surface area contributed by atoms with Crippen molar-refractivity contribution in [2.24, 2.45) is 0 Å². The molecule has 0 atom stereocenters. The number of amides is 1. The van der Waals surface area contributed by atoms with Gasteiger partial charge >= 0.3 is 5.69 Å². The van der Waals surface area contributed by atoms with Crippen LogP contribution in [-0.4, -0.2) is 17.4 Å². The minimum Gasteiger partial charge on any atom is -0.312 e. The van der Waals surface area contributed by atoms with Crippen LogP contribution in [0.4, 0.5) is 15.8 Å². The fraction of sp³-hybridized carbons (Fsp3) is 0.417. The molecule has 1 aromatic rings. The summed E-state index contributed by atoms with van der Waals surface area (Å²) in [6.07, 6.45) is 1.16. The van der Waals surface area contributed by atoms with Gasteiger partial charge in [0, 0.05) is 13.0 Å². The first-order valence-electron chi connectivity index (χ1n) is 5.82. The average Bonchev–Trinajstić information content (AvgIpc) is 2.32. The molecule has 2 rings (SSSR count). The molecule has 0 saturated heterocycles. The van der Waals surface area contributed by atoms with Crippen molar-refractivity contribution in [2.45, 2.75) is 26.2 Å². The van der Waals surface area contributed by atoms with Gasteiger partial charge in [0.25, 0.3) is 0 Å². The molecule has 1 amide bonds. The summed E-state index contributed by atoms with van der Waals surface area (Å²) in [5.41, 5.74) is 0.301. The molecule has 18 heavy (non-hydrogen) atoms. The van der Waals surface area contributed by atoms with Crippen molar-refractivity contribution in [1.82, 2.24) is 0 Å². The molecule has 5 nitrogen and oxygen atoms in total. The van der Waals surface area contributed by atoms with E-state index in [9.17, 15) is 19.3 Å². The van der Waals surface area contributed by atoms with Gasteiger partial charge in [-0.2, -0.15) is 4.39 Å². The molecule has 96 valence electrons. The van der Waals surface area contributed by atoms with Crippen LogP contribution >= 0.6 is 0 Å². The van der Waals surface area contributed by atoms with E-state index >= 15 is 0 Å². The van der Waals surface area contributed by atoms with Crippen LogP contribution in [0.25, 0.3) is 0 Å². The maximum absolute atomic E-state index is 13.5. The summed E-state index contributed by atoms with van der Waals surface area (Å²) < 4.78 is 13.5. The van der Waals surface area contributed by atoms with Gasteiger partial charge in [-0.1, -0.05) is 6.92 Å². The zero-order chi connectivity index (χ0) is 13.3. The first-order chi connectivity index (χ1) is 8.56. The Bertz CT molecular complexity index is 516. The number of fused-ring (bicyclic) bond motifs is 1. The Kier molecular flexibility index (Phi) is 3.27. The van der Waals surface area contributed by atoms with Gasteiger partial charge in [0.2, 0.25) is 11.7 Å². The topological polar surface area (TPSA) is 63.5 Å². The predicted octanol–water partition coefficient (Wildman–Crippen LogP) is 2.42. The molecule has 0 aromatic heterocycles. The van der Waals surface area contributed by atoms with Crippen LogP contribution in [-0.2, 0) is 11.2 Å². The van der Waals surface area contributed by atoms with Gasteiger partial charge in [-0.15, -0.1) is 0 Å². The van der Waals surface area contributed by atoms with E-state index in [1.165, 1.54) is 11.0 Å². The molecule has 1 aromatic carbocycles. The maximum Gasteiger partial charge on any atom is 0.310 e. The van der Waals surface area contributed by atoms with Crippen LogP contribution in [0.5, 0.6) is 0 Å². The predicted molar refractivity (Wildman–Crippen MR) is 64.0 cm³/mol. The van der Waals surface area contributed by atoms with Crippen LogP contribution in [0.2, 0.25) is 0 Å². The molecular formula is C12H13FN2O3. The largest absolute Gasteiger partial charge is 0.312 e. The lowest BCUT2D eigenvalue weighted by molar-refractivity contribution is -0.388. The smallest absolute Gasteiger partial charge is 0.310 e. The fourth-order valence-corrected chi connectivity index (χ4v) is 2.26. The average molecular weight is 252 g/mol. The molecule has 0 spiro atoms. The molecule has 1 aliphatic rings. The lowest BCUT2D eigenvalue weighted by atomic mass is 9.98. The third-order valence-electron chi connectivity index (χ3n) is 3.02. The maximum atomic E-state index is 13.5. The second kappa shape index (κ2) is 4.72. The van der Waals surface area contributed by atoms with Crippen molar-refractivity contribution in [3.05, 3.63) is 33.6 Å². The summed E-state index contributed by atoms with van der Waals surface area (Å²) in [7, 11) is 0. The van der Waals surface area contributed by atoms with Crippen LogP contribution < -0.4 is 4.90 Å². The summed E-state index contributed by atoms with van der Waals surface area (Å²) in [5.74, 6) is -0.908. The normalized spacial score (nSPS) is 14.6. The summed E-state index contributed by atoms with van der Waals surface area (Å²) >= 11 is 0. The van der Waals surface area contributed by atoms with E-state index in [1.807, 2.05) is 6.92 Å². The van der Waals surface area contributed by atoms with E-state index in [2.05, 4.69) is 0 Å². The molecule has 6 heteroatoms. The minimum atomic E-state index is -0.843. The third-order valence-corrected chi connectivity index (χ3v) is 3.02. The highest BCUT2D eigenvalue weighted by Gasteiger charge is 2.31. The zero-order valence-corrected chi connectivity index (χ0v) is 9.98. The molecule has 0 unspecified atom stereocenters. The number of anilines is 1. The van der Waals surface area contributed by atoms with Crippen molar-refractivity contribution in [1.29, 1.82) is 0 Å². The number of rotatable bonds is 3. The molecule has 1 heterocycles. The molecular weight excluding hydrogens is 239 g/mol. The van der Waals surface area contributed by atoms with Crippen molar-refractivity contribution in [3.63, 3.8) is 0 Å². The van der Waals surface area contributed by atoms with Crippen LogP contribution in [0.3, 0.4) is 0 Å². The minimum absolute atomic E-state index is 0.0646. The zero-order valence-electron chi connectivity index (χ0n) is 9.98. The Morgan fingerprint density at radius 2 is 2.17 bits per heavy atom. The molecule has 0 fully saturated rings. The van der Waals surface area contributed by atoms with Crippen LogP contribution in [0.15, 0.2) is 12.1 Å². The number of nitrogens with zero attached hydrogens (tertiary/aromatic N) is 2. The Hall–Kier alpha value is -1.98. The van der Waals surface area contributed by atoms with Crippen molar-refractivity contribution < 1.29 is 14.1 Å². The molecule has 0 saturated carbocycles. The number of hydrogen-bond donors (Lipinski definition) is 0. The number of halogens is 1. The molecule has 0 aliphatic carbocycles. The number of nitro groups is 1. The van der Waals surface area contributed by atoms with E-state index in [0.29, 0.717) is 17.8 Å². The second-order valence-corrected chi connectivity index (χ2v) is 4.20. The first kappa shape index (κ1) is 12.5. The number of benzene rings is 1. The number of hydrogen-bond acceptors (Lipinski definition) is 3. The lowest BCUT2D eigenvalue weighted by Gasteiger charge is -2.28. The number of carbonyl (C=O) groups excluding carboxylic acids is 1. The summed E-state index contributed by atoms with van der Waals surface area (Å²) in [4.78, 5) is 23.5. The number of nitro benzene ring substituents is 1. The molecule has 0 N–H and O–H groups in total. The summed E-state index contributed by atoms with van der Waals surface area (Å²) in [6, 6.07) is 2.50. The monoisotopic (exact) mass is 252 g/mol. The van der Waals surface area contributed by atoms with Crippen molar-refractivity contribution in [3.8, 4) is 0 Å². The van der Waals surface area contributed by atoms with E-state index < -0.39 is 16.4 Å². The van der Waals surface area contributed by atoms with E-state index in [-0.39, 0.29) is 18.7 Å². The van der Waals surface area contributed by atoms with Gasteiger partial charge in [0.1, 0.15) is 0 Å².